The van der Waals surface area contributed by atoms with Gasteiger partial charge in [0.05, 0.1) is 6.54 Å². The first-order valence-electron chi connectivity index (χ1n) is 9.27. The van der Waals surface area contributed by atoms with Gasteiger partial charge in [0.2, 0.25) is 15.9 Å². The smallest absolute Gasteiger partial charge is 0.244 e. The number of anilines is 1. The Morgan fingerprint density at radius 2 is 1.73 bits per heavy atom. The van der Waals surface area contributed by atoms with E-state index in [2.05, 4.69) is 42.3 Å². The van der Waals surface area contributed by atoms with E-state index in [1.54, 1.807) is 23.9 Å². The van der Waals surface area contributed by atoms with E-state index in [4.69, 9.17) is 0 Å². The van der Waals surface area contributed by atoms with Crippen molar-refractivity contribution in [3.8, 4) is 0 Å². The van der Waals surface area contributed by atoms with Crippen LogP contribution in [-0.2, 0) is 14.8 Å². The topological polar surface area (TPSA) is 79.4 Å². The van der Waals surface area contributed by atoms with Crippen LogP contribution in [0.25, 0.3) is 0 Å². The van der Waals surface area contributed by atoms with E-state index in [-0.39, 0.29) is 11.4 Å². The van der Waals surface area contributed by atoms with Gasteiger partial charge in [0.25, 0.3) is 0 Å². The van der Waals surface area contributed by atoms with E-state index in [9.17, 15) is 13.2 Å². The average Bonchev–Trinajstić information content (AvgIpc) is 2.72. The zero-order valence-electron chi connectivity index (χ0n) is 17.0. The third-order valence-electron chi connectivity index (χ3n) is 4.56. The number of likely N-dealkylation sites (N-methyl/N-ethyl adjacent to an activating group) is 1. The first-order chi connectivity index (χ1) is 14.3. The lowest BCUT2D eigenvalue weighted by Gasteiger charge is -2.16. The van der Waals surface area contributed by atoms with Crippen LogP contribution in [0.2, 0.25) is 0 Å². The van der Waals surface area contributed by atoms with Gasteiger partial charge in [-0.2, -0.15) is 4.31 Å². The summed E-state index contributed by atoms with van der Waals surface area (Å²) in [5.41, 5.74) is 3.11. The summed E-state index contributed by atoms with van der Waals surface area (Å²) in [6, 6.07) is 16.8. The van der Waals surface area contributed by atoms with Crippen LogP contribution in [0, 0.1) is 13.8 Å². The summed E-state index contributed by atoms with van der Waals surface area (Å²) >= 11 is 1.64. The fourth-order valence-electron chi connectivity index (χ4n) is 2.69. The van der Waals surface area contributed by atoms with E-state index in [1.165, 1.54) is 42.7 Å². The molecule has 0 aliphatic heterocycles. The number of nitrogens with zero attached hydrogens (tertiary/aromatic N) is 2. The minimum absolute atomic E-state index is 0.0491. The molecule has 0 fully saturated rings. The predicted octanol–water partition coefficient (Wildman–Crippen LogP) is 4.11. The molecule has 30 heavy (non-hydrogen) atoms. The highest BCUT2D eigenvalue weighted by atomic mass is 32.2. The number of carbonyl (C=O) groups excluding carboxylic acids is 1. The molecule has 0 aliphatic rings. The fourth-order valence-corrected chi connectivity index (χ4v) is 4.69. The maximum atomic E-state index is 12.5. The lowest BCUT2D eigenvalue weighted by Crippen LogP contribution is -2.35. The summed E-state index contributed by atoms with van der Waals surface area (Å²) in [6.45, 7) is 3.88. The molecule has 0 atom stereocenters. The van der Waals surface area contributed by atoms with Crippen LogP contribution in [0.15, 0.2) is 81.7 Å². The molecule has 3 rings (SSSR count). The summed E-state index contributed by atoms with van der Waals surface area (Å²) in [5.74, 6) is -0.417. The SMILES string of the molecule is Cc1ccc(Sc2ccc(NC(=O)CN(C)S(=O)(=O)c3cccnc3)cc2)cc1C. The molecule has 0 radical (unpaired) electrons. The number of amides is 1. The second-order valence-corrected chi connectivity index (χ2v) is 10.1. The molecular weight excluding hydrogens is 418 g/mol. The van der Waals surface area contributed by atoms with Crippen LogP contribution in [-0.4, -0.2) is 37.2 Å². The van der Waals surface area contributed by atoms with E-state index in [0.29, 0.717) is 5.69 Å². The van der Waals surface area contributed by atoms with Gasteiger partial charge in [0.1, 0.15) is 4.90 Å². The van der Waals surface area contributed by atoms with Gasteiger partial charge in [-0.15, -0.1) is 0 Å². The Morgan fingerprint density at radius 3 is 2.37 bits per heavy atom. The Bertz CT molecular complexity index is 1130. The Hall–Kier alpha value is -2.68. The molecule has 1 heterocycles. The number of sulfonamides is 1. The number of aryl methyl sites for hydroxylation is 2. The fraction of sp³-hybridized carbons (Fsp3) is 0.182. The van der Waals surface area contributed by atoms with E-state index >= 15 is 0 Å². The first-order valence-corrected chi connectivity index (χ1v) is 11.5. The molecular formula is C22H23N3O3S2. The minimum atomic E-state index is -3.77. The number of carbonyl (C=O) groups is 1. The first kappa shape index (κ1) is 22.0. The number of hydrogen-bond donors (Lipinski definition) is 1. The second-order valence-electron chi connectivity index (χ2n) is 6.87. The van der Waals surface area contributed by atoms with Crippen molar-refractivity contribution in [1.82, 2.24) is 9.29 Å². The predicted molar refractivity (Wildman–Crippen MR) is 119 cm³/mol. The normalized spacial score (nSPS) is 11.5. The van der Waals surface area contributed by atoms with Gasteiger partial charge in [0, 0.05) is 34.9 Å². The molecule has 3 aromatic rings. The van der Waals surface area contributed by atoms with Crippen LogP contribution >= 0.6 is 11.8 Å². The van der Waals surface area contributed by atoms with Crippen LogP contribution in [0.1, 0.15) is 11.1 Å². The van der Waals surface area contributed by atoms with Gasteiger partial charge >= 0.3 is 0 Å². The van der Waals surface area contributed by atoms with Crippen LogP contribution in [0.5, 0.6) is 0 Å². The molecule has 0 saturated carbocycles. The number of hydrogen-bond acceptors (Lipinski definition) is 5. The quantitative estimate of drug-likeness (QED) is 0.597. The van der Waals surface area contributed by atoms with Gasteiger partial charge in [-0.05, 0) is 73.5 Å². The third kappa shape index (κ3) is 5.47. The van der Waals surface area contributed by atoms with Crippen molar-refractivity contribution in [2.45, 2.75) is 28.5 Å². The largest absolute Gasteiger partial charge is 0.325 e. The number of rotatable bonds is 7. The van der Waals surface area contributed by atoms with Gasteiger partial charge in [0.15, 0.2) is 0 Å². The molecule has 6 nitrogen and oxygen atoms in total. The number of benzene rings is 2. The van der Waals surface area contributed by atoms with Crippen molar-refractivity contribution < 1.29 is 13.2 Å². The summed E-state index contributed by atoms with van der Waals surface area (Å²) < 4.78 is 26.0. The van der Waals surface area contributed by atoms with Crippen molar-refractivity contribution in [1.29, 1.82) is 0 Å². The maximum absolute atomic E-state index is 12.5. The summed E-state index contributed by atoms with van der Waals surface area (Å²) in [4.78, 5) is 18.4. The highest BCUT2D eigenvalue weighted by Crippen LogP contribution is 2.29. The molecule has 8 heteroatoms. The van der Waals surface area contributed by atoms with Crippen molar-refractivity contribution in [2.75, 3.05) is 18.9 Å². The van der Waals surface area contributed by atoms with Crippen LogP contribution in [0.3, 0.4) is 0 Å². The average molecular weight is 442 g/mol. The van der Waals surface area contributed by atoms with Gasteiger partial charge in [-0.25, -0.2) is 8.42 Å². The number of pyridine rings is 1. The number of nitrogens with one attached hydrogen (secondary N) is 1. The Kier molecular flexibility index (Phi) is 6.91. The van der Waals surface area contributed by atoms with Crippen molar-refractivity contribution >= 4 is 33.4 Å². The lowest BCUT2D eigenvalue weighted by molar-refractivity contribution is -0.116. The molecule has 1 N–H and O–H groups in total. The zero-order valence-corrected chi connectivity index (χ0v) is 18.6. The van der Waals surface area contributed by atoms with Crippen molar-refractivity contribution in [3.63, 3.8) is 0 Å². The zero-order chi connectivity index (χ0) is 21.7. The van der Waals surface area contributed by atoms with E-state index < -0.39 is 15.9 Å². The standard InChI is InChI=1S/C22H23N3O3S2/c1-16-6-9-20(13-17(16)2)29-19-10-7-18(8-11-19)24-22(26)15-25(3)30(27,28)21-5-4-12-23-14-21/h4-14H,15H2,1-3H3,(H,24,26). The highest BCUT2D eigenvalue weighted by Gasteiger charge is 2.23. The minimum Gasteiger partial charge on any atom is -0.325 e. The summed E-state index contributed by atoms with van der Waals surface area (Å²) in [5, 5.41) is 2.73. The molecule has 156 valence electrons. The molecule has 0 saturated heterocycles. The summed E-state index contributed by atoms with van der Waals surface area (Å²) in [6.07, 6.45) is 2.75. The van der Waals surface area contributed by atoms with Gasteiger partial charge < -0.3 is 5.32 Å². The molecule has 0 bridgehead atoms. The highest BCUT2D eigenvalue weighted by molar-refractivity contribution is 7.99. The van der Waals surface area contributed by atoms with Crippen molar-refractivity contribution in [3.05, 3.63) is 78.1 Å². The van der Waals surface area contributed by atoms with Gasteiger partial charge in [-0.3, -0.25) is 9.78 Å². The Labute approximate surface area is 181 Å². The lowest BCUT2D eigenvalue weighted by atomic mass is 10.1. The second kappa shape index (κ2) is 9.42. The molecule has 2 aromatic carbocycles. The summed E-state index contributed by atoms with van der Waals surface area (Å²) in [7, 11) is -2.40. The molecule has 1 aromatic heterocycles. The monoisotopic (exact) mass is 441 g/mol. The maximum Gasteiger partial charge on any atom is 0.244 e. The Morgan fingerprint density at radius 1 is 1.03 bits per heavy atom. The molecule has 0 unspecified atom stereocenters. The van der Waals surface area contributed by atoms with Crippen molar-refractivity contribution in [2.24, 2.45) is 0 Å². The molecule has 1 amide bonds. The molecule has 0 spiro atoms. The Balaban J connectivity index is 1.59. The van der Waals surface area contributed by atoms with Crippen LogP contribution < -0.4 is 5.32 Å². The third-order valence-corrected chi connectivity index (χ3v) is 7.35. The van der Waals surface area contributed by atoms with E-state index in [1.807, 2.05) is 12.1 Å². The number of aromatic nitrogens is 1. The van der Waals surface area contributed by atoms with E-state index in [0.717, 1.165) is 14.1 Å². The van der Waals surface area contributed by atoms with Crippen LogP contribution in [0.4, 0.5) is 5.69 Å². The van der Waals surface area contributed by atoms with Gasteiger partial charge in [-0.1, -0.05) is 17.8 Å². The molecule has 0 aliphatic carbocycles.